The monoisotopic (exact) mass is 278 g/mol. The quantitative estimate of drug-likeness (QED) is 0.549. The van der Waals surface area contributed by atoms with Crippen molar-refractivity contribution in [3.8, 4) is 0 Å². The highest BCUT2D eigenvalue weighted by molar-refractivity contribution is 5.81. The highest BCUT2D eigenvalue weighted by Gasteiger charge is 2.13. The maximum Gasteiger partial charge on any atom is 0.305 e. The second kappa shape index (κ2) is 9.09. The van der Waals surface area contributed by atoms with E-state index in [1.165, 1.54) is 7.11 Å². The maximum atomic E-state index is 11.8. The van der Waals surface area contributed by atoms with Crippen LogP contribution in [0.4, 0.5) is 0 Å². The first-order valence-electron chi connectivity index (χ1n) is 6.77. The molecule has 0 saturated carbocycles. The summed E-state index contributed by atoms with van der Waals surface area (Å²) < 4.78 is 4.54. The third-order valence-electron chi connectivity index (χ3n) is 2.97. The number of carbonyl (C=O) groups excluding carboxylic acids is 2. The predicted molar refractivity (Wildman–Crippen MR) is 77.0 cm³/mol. The zero-order chi connectivity index (χ0) is 14.8. The van der Waals surface area contributed by atoms with E-state index in [0.717, 1.165) is 12.0 Å². The van der Waals surface area contributed by atoms with E-state index in [0.29, 0.717) is 25.8 Å². The first-order chi connectivity index (χ1) is 9.63. The summed E-state index contributed by atoms with van der Waals surface area (Å²) in [7, 11) is 1.37. The van der Waals surface area contributed by atoms with Gasteiger partial charge >= 0.3 is 5.97 Å². The fraction of sp³-hybridized carbons (Fsp3) is 0.467. The molecule has 1 aromatic carbocycles. The van der Waals surface area contributed by atoms with Gasteiger partial charge < -0.3 is 15.8 Å². The molecule has 5 heteroatoms. The van der Waals surface area contributed by atoms with Crippen molar-refractivity contribution in [3.05, 3.63) is 35.9 Å². The summed E-state index contributed by atoms with van der Waals surface area (Å²) in [4.78, 5) is 22.7. The van der Waals surface area contributed by atoms with Crippen LogP contribution in [0.2, 0.25) is 0 Å². The molecule has 1 atom stereocenters. The second-order valence-electron chi connectivity index (χ2n) is 4.62. The molecule has 0 aliphatic rings. The number of rotatable bonds is 8. The summed E-state index contributed by atoms with van der Waals surface area (Å²) in [5.41, 5.74) is 6.89. The van der Waals surface area contributed by atoms with Crippen LogP contribution >= 0.6 is 0 Å². The van der Waals surface area contributed by atoms with Gasteiger partial charge in [-0.15, -0.1) is 0 Å². The molecular weight excluding hydrogens is 256 g/mol. The Bertz CT molecular complexity index is 420. The number of methoxy groups -OCH3 is 1. The highest BCUT2D eigenvalue weighted by Crippen LogP contribution is 2.02. The molecule has 0 spiro atoms. The molecule has 3 N–H and O–H groups in total. The number of unbranched alkanes of at least 4 members (excludes halogenated alkanes) is 1. The van der Waals surface area contributed by atoms with Gasteiger partial charge in [0.2, 0.25) is 5.91 Å². The fourth-order valence-corrected chi connectivity index (χ4v) is 1.80. The van der Waals surface area contributed by atoms with Gasteiger partial charge in [0.15, 0.2) is 0 Å². The molecule has 1 rings (SSSR count). The van der Waals surface area contributed by atoms with Crippen molar-refractivity contribution in [1.82, 2.24) is 5.32 Å². The standard InChI is InChI=1S/C15H22N2O3/c1-20-14(18)9-5-6-10-17-15(19)13(16)11-12-7-3-2-4-8-12/h2-4,7-8,13H,5-6,9-11,16H2,1H3,(H,17,19)/t13-/m0/s1. The van der Waals surface area contributed by atoms with Crippen molar-refractivity contribution in [1.29, 1.82) is 0 Å². The van der Waals surface area contributed by atoms with Crippen LogP contribution in [0.3, 0.4) is 0 Å². The maximum absolute atomic E-state index is 11.8. The van der Waals surface area contributed by atoms with Crippen LogP contribution in [-0.4, -0.2) is 31.6 Å². The van der Waals surface area contributed by atoms with Crippen molar-refractivity contribution in [2.75, 3.05) is 13.7 Å². The largest absolute Gasteiger partial charge is 0.469 e. The molecule has 0 aliphatic heterocycles. The van der Waals surface area contributed by atoms with Crippen molar-refractivity contribution in [3.63, 3.8) is 0 Å². The van der Waals surface area contributed by atoms with Crippen LogP contribution in [0.15, 0.2) is 30.3 Å². The Morgan fingerprint density at radius 1 is 1.25 bits per heavy atom. The number of hydrogen-bond acceptors (Lipinski definition) is 4. The lowest BCUT2D eigenvalue weighted by Gasteiger charge is -2.12. The molecule has 0 radical (unpaired) electrons. The van der Waals surface area contributed by atoms with E-state index in [-0.39, 0.29) is 11.9 Å². The third-order valence-corrected chi connectivity index (χ3v) is 2.97. The van der Waals surface area contributed by atoms with Gasteiger partial charge in [0, 0.05) is 13.0 Å². The molecule has 0 bridgehead atoms. The first kappa shape index (κ1) is 16.2. The molecule has 0 heterocycles. The van der Waals surface area contributed by atoms with Gasteiger partial charge in [0.25, 0.3) is 0 Å². The van der Waals surface area contributed by atoms with E-state index >= 15 is 0 Å². The Hall–Kier alpha value is -1.88. The first-order valence-corrected chi connectivity index (χ1v) is 6.77. The molecule has 0 aliphatic carbocycles. The number of ether oxygens (including phenoxy) is 1. The zero-order valence-electron chi connectivity index (χ0n) is 11.8. The van der Waals surface area contributed by atoms with Crippen LogP contribution < -0.4 is 11.1 Å². The molecule has 1 aromatic rings. The molecule has 1 amide bonds. The minimum absolute atomic E-state index is 0.160. The number of benzene rings is 1. The van der Waals surface area contributed by atoms with Gasteiger partial charge in [-0.2, -0.15) is 0 Å². The normalized spacial score (nSPS) is 11.7. The van der Waals surface area contributed by atoms with E-state index in [1.807, 2.05) is 30.3 Å². The van der Waals surface area contributed by atoms with Crippen molar-refractivity contribution in [2.24, 2.45) is 5.73 Å². The lowest BCUT2D eigenvalue weighted by atomic mass is 10.1. The summed E-state index contributed by atoms with van der Waals surface area (Å²) in [5, 5.41) is 2.78. The smallest absolute Gasteiger partial charge is 0.305 e. The van der Waals surface area contributed by atoms with Crippen molar-refractivity contribution < 1.29 is 14.3 Å². The van der Waals surface area contributed by atoms with E-state index in [4.69, 9.17) is 5.73 Å². The van der Waals surface area contributed by atoms with E-state index in [9.17, 15) is 9.59 Å². The molecule has 0 saturated heterocycles. The molecule has 20 heavy (non-hydrogen) atoms. The second-order valence-corrected chi connectivity index (χ2v) is 4.62. The van der Waals surface area contributed by atoms with Gasteiger partial charge in [-0.3, -0.25) is 9.59 Å². The number of hydrogen-bond donors (Lipinski definition) is 2. The van der Waals surface area contributed by atoms with Crippen LogP contribution in [0, 0.1) is 0 Å². The lowest BCUT2D eigenvalue weighted by Crippen LogP contribution is -2.42. The number of nitrogens with two attached hydrogens (primary N) is 1. The summed E-state index contributed by atoms with van der Waals surface area (Å²) in [6, 6.07) is 9.13. The van der Waals surface area contributed by atoms with Gasteiger partial charge in [0.05, 0.1) is 13.2 Å². The van der Waals surface area contributed by atoms with Gasteiger partial charge in [-0.1, -0.05) is 30.3 Å². The Labute approximate surface area is 119 Å². The number of carbonyl (C=O) groups is 2. The molecule has 0 aromatic heterocycles. The topological polar surface area (TPSA) is 81.4 Å². The van der Waals surface area contributed by atoms with E-state index in [1.54, 1.807) is 0 Å². The van der Waals surface area contributed by atoms with Crippen LogP contribution in [0.25, 0.3) is 0 Å². The van der Waals surface area contributed by atoms with Gasteiger partial charge in [-0.25, -0.2) is 0 Å². The average molecular weight is 278 g/mol. The lowest BCUT2D eigenvalue weighted by molar-refractivity contribution is -0.140. The van der Waals surface area contributed by atoms with Crippen LogP contribution in [0.5, 0.6) is 0 Å². The molecular formula is C15H22N2O3. The van der Waals surface area contributed by atoms with E-state index < -0.39 is 6.04 Å². The summed E-state index contributed by atoms with van der Waals surface area (Å²) in [6.07, 6.45) is 2.33. The van der Waals surface area contributed by atoms with Gasteiger partial charge in [0.1, 0.15) is 0 Å². The van der Waals surface area contributed by atoms with Crippen molar-refractivity contribution in [2.45, 2.75) is 31.7 Å². The Morgan fingerprint density at radius 3 is 2.60 bits per heavy atom. The summed E-state index contributed by atoms with van der Waals surface area (Å²) in [5.74, 6) is -0.385. The Kier molecular flexibility index (Phi) is 7.35. The Morgan fingerprint density at radius 2 is 1.95 bits per heavy atom. The summed E-state index contributed by atoms with van der Waals surface area (Å²) in [6.45, 7) is 0.526. The number of nitrogens with one attached hydrogen (secondary N) is 1. The average Bonchev–Trinajstić information content (AvgIpc) is 2.47. The SMILES string of the molecule is COC(=O)CCCCNC(=O)[C@@H](N)Cc1ccccc1. The van der Waals surface area contributed by atoms with Crippen molar-refractivity contribution >= 4 is 11.9 Å². The van der Waals surface area contributed by atoms with Crippen LogP contribution in [-0.2, 0) is 20.7 Å². The predicted octanol–water partition coefficient (Wildman–Crippen LogP) is 1.02. The summed E-state index contributed by atoms with van der Waals surface area (Å²) >= 11 is 0. The molecule has 5 nitrogen and oxygen atoms in total. The van der Waals surface area contributed by atoms with Crippen LogP contribution in [0.1, 0.15) is 24.8 Å². The zero-order valence-corrected chi connectivity index (χ0v) is 11.8. The highest BCUT2D eigenvalue weighted by atomic mass is 16.5. The minimum atomic E-state index is -0.544. The molecule has 0 fully saturated rings. The third kappa shape index (κ3) is 6.33. The number of amides is 1. The van der Waals surface area contributed by atoms with E-state index in [2.05, 4.69) is 10.1 Å². The fourth-order valence-electron chi connectivity index (χ4n) is 1.80. The number of esters is 1. The molecule has 0 unspecified atom stereocenters. The molecule has 110 valence electrons. The van der Waals surface area contributed by atoms with Gasteiger partial charge in [-0.05, 0) is 24.8 Å². The Balaban J connectivity index is 2.17. The minimum Gasteiger partial charge on any atom is -0.469 e.